The van der Waals surface area contributed by atoms with Gasteiger partial charge in [0.15, 0.2) is 0 Å². The Morgan fingerprint density at radius 2 is 1.82 bits per heavy atom. The van der Waals surface area contributed by atoms with E-state index in [0.29, 0.717) is 11.4 Å². The molecule has 0 aliphatic carbocycles. The summed E-state index contributed by atoms with van der Waals surface area (Å²) in [6, 6.07) is 6.62. The van der Waals surface area contributed by atoms with E-state index in [-0.39, 0.29) is 31.3 Å². The van der Waals surface area contributed by atoms with Crippen molar-refractivity contribution in [1.82, 2.24) is 9.80 Å². The SMILES string of the molecule is COc1ccc(N2C(=O)N(C)C(=O)C23CCN(C(=O)O)CC3C(C)(C)C)cc1. The molecule has 3 rings (SSSR count). The summed E-state index contributed by atoms with van der Waals surface area (Å²) >= 11 is 0. The Labute approximate surface area is 164 Å². The zero-order valence-electron chi connectivity index (χ0n) is 16.9. The van der Waals surface area contributed by atoms with Crippen molar-refractivity contribution in [2.24, 2.45) is 11.3 Å². The Morgan fingerprint density at radius 1 is 1.21 bits per heavy atom. The molecule has 2 heterocycles. The van der Waals surface area contributed by atoms with E-state index in [1.54, 1.807) is 36.3 Å². The van der Waals surface area contributed by atoms with Crippen LogP contribution in [0.15, 0.2) is 24.3 Å². The van der Waals surface area contributed by atoms with Crippen molar-refractivity contribution in [3.05, 3.63) is 24.3 Å². The lowest BCUT2D eigenvalue weighted by molar-refractivity contribution is -0.136. The fraction of sp³-hybridized carbons (Fsp3) is 0.550. The van der Waals surface area contributed by atoms with E-state index in [0.717, 1.165) is 4.90 Å². The molecule has 2 saturated heterocycles. The van der Waals surface area contributed by atoms with E-state index in [9.17, 15) is 19.5 Å². The summed E-state index contributed by atoms with van der Waals surface area (Å²) in [5, 5.41) is 9.50. The van der Waals surface area contributed by atoms with Crippen LogP contribution in [0.3, 0.4) is 0 Å². The highest BCUT2D eigenvalue weighted by atomic mass is 16.5. The molecule has 8 nitrogen and oxygen atoms in total. The molecule has 0 aromatic heterocycles. The van der Waals surface area contributed by atoms with Crippen LogP contribution < -0.4 is 9.64 Å². The van der Waals surface area contributed by atoms with Crippen molar-refractivity contribution in [3.8, 4) is 5.75 Å². The zero-order chi connectivity index (χ0) is 20.9. The average molecular weight is 389 g/mol. The number of anilines is 1. The number of urea groups is 1. The second-order valence-electron chi connectivity index (χ2n) is 8.50. The first kappa shape index (κ1) is 20.0. The van der Waals surface area contributed by atoms with Crippen molar-refractivity contribution in [3.63, 3.8) is 0 Å². The number of carbonyl (C=O) groups excluding carboxylic acids is 2. The van der Waals surface area contributed by atoms with Crippen molar-refractivity contribution in [1.29, 1.82) is 0 Å². The molecular weight excluding hydrogens is 362 g/mol. The summed E-state index contributed by atoms with van der Waals surface area (Å²) in [6.45, 7) is 6.33. The number of hydrogen-bond donors (Lipinski definition) is 1. The summed E-state index contributed by atoms with van der Waals surface area (Å²) < 4.78 is 5.20. The predicted molar refractivity (Wildman–Crippen MR) is 104 cm³/mol. The van der Waals surface area contributed by atoms with Crippen LogP contribution in [-0.2, 0) is 4.79 Å². The number of carbonyl (C=O) groups is 3. The van der Waals surface area contributed by atoms with E-state index in [4.69, 9.17) is 4.74 Å². The van der Waals surface area contributed by atoms with E-state index >= 15 is 0 Å². The van der Waals surface area contributed by atoms with Gasteiger partial charge in [0.1, 0.15) is 11.3 Å². The molecule has 0 bridgehead atoms. The maximum absolute atomic E-state index is 13.4. The third-order valence-corrected chi connectivity index (χ3v) is 5.94. The molecule has 2 aliphatic heterocycles. The predicted octanol–water partition coefficient (Wildman–Crippen LogP) is 2.88. The number of ether oxygens (including phenoxy) is 1. The highest BCUT2D eigenvalue weighted by molar-refractivity contribution is 6.17. The maximum atomic E-state index is 13.4. The largest absolute Gasteiger partial charge is 0.497 e. The van der Waals surface area contributed by atoms with Gasteiger partial charge in [-0.05, 0) is 36.1 Å². The second-order valence-corrected chi connectivity index (χ2v) is 8.50. The molecule has 1 N–H and O–H groups in total. The number of amides is 4. The molecule has 152 valence electrons. The molecule has 2 atom stereocenters. The third kappa shape index (κ3) is 2.87. The number of methoxy groups -OCH3 is 1. The molecule has 1 aromatic rings. The Morgan fingerprint density at radius 3 is 2.32 bits per heavy atom. The number of likely N-dealkylation sites (tertiary alicyclic amines) is 1. The van der Waals surface area contributed by atoms with Gasteiger partial charge in [0.2, 0.25) is 0 Å². The smallest absolute Gasteiger partial charge is 0.407 e. The molecule has 28 heavy (non-hydrogen) atoms. The van der Waals surface area contributed by atoms with Crippen molar-refractivity contribution >= 4 is 23.7 Å². The topological polar surface area (TPSA) is 90.4 Å². The van der Waals surface area contributed by atoms with Gasteiger partial charge in [0.25, 0.3) is 5.91 Å². The first-order valence-electron chi connectivity index (χ1n) is 9.28. The van der Waals surface area contributed by atoms with Crippen LogP contribution in [0.5, 0.6) is 5.75 Å². The van der Waals surface area contributed by atoms with Crippen LogP contribution in [0.25, 0.3) is 0 Å². The lowest BCUT2D eigenvalue weighted by atomic mass is 9.64. The molecule has 4 amide bonds. The van der Waals surface area contributed by atoms with Gasteiger partial charge in [-0.1, -0.05) is 20.8 Å². The first-order chi connectivity index (χ1) is 13.0. The quantitative estimate of drug-likeness (QED) is 0.786. The van der Waals surface area contributed by atoms with Crippen LogP contribution in [0.4, 0.5) is 15.3 Å². The van der Waals surface area contributed by atoms with E-state index < -0.39 is 23.1 Å². The number of carboxylic acid groups (broad SMARTS) is 1. The highest BCUT2D eigenvalue weighted by Crippen LogP contribution is 2.49. The molecule has 2 unspecified atom stereocenters. The van der Waals surface area contributed by atoms with Gasteiger partial charge in [0, 0.05) is 31.7 Å². The zero-order valence-corrected chi connectivity index (χ0v) is 16.9. The van der Waals surface area contributed by atoms with Crippen LogP contribution in [0.1, 0.15) is 27.2 Å². The second kappa shape index (κ2) is 6.68. The average Bonchev–Trinajstić information content (AvgIpc) is 2.83. The standard InChI is InChI=1S/C20H27N3O5/c1-19(2,3)15-12-22(18(26)27)11-10-20(15)16(24)21(4)17(25)23(20)13-6-8-14(28-5)9-7-13/h6-9,15H,10-12H2,1-5H3,(H,26,27). The van der Waals surface area contributed by atoms with Gasteiger partial charge in [-0.25, -0.2) is 9.59 Å². The first-order valence-corrected chi connectivity index (χ1v) is 9.28. The van der Waals surface area contributed by atoms with Gasteiger partial charge in [-0.15, -0.1) is 0 Å². The van der Waals surface area contributed by atoms with Crippen LogP contribution >= 0.6 is 0 Å². The molecule has 2 fully saturated rings. The van der Waals surface area contributed by atoms with Crippen LogP contribution in [-0.4, -0.2) is 65.7 Å². The number of imide groups is 1. The lowest BCUT2D eigenvalue weighted by Gasteiger charge is -2.52. The maximum Gasteiger partial charge on any atom is 0.407 e. The number of benzene rings is 1. The number of nitrogens with zero attached hydrogens (tertiary/aromatic N) is 3. The van der Waals surface area contributed by atoms with Gasteiger partial charge in [-0.3, -0.25) is 14.6 Å². The summed E-state index contributed by atoms with van der Waals surface area (Å²) in [7, 11) is 3.05. The highest BCUT2D eigenvalue weighted by Gasteiger charge is 2.64. The molecule has 0 saturated carbocycles. The lowest BCUT2D eigenvalue weighted by Crippen LogP contribution is -2.66. The van der Waals surface area contributed by atoms with Gasteiger partial charge < -0.3 is 14.7 Å². The summed E-state index contributed by atoms with van der Waals surface area (Å²) in [4.78, 5) is 42.2. The molecule has 1 aromatic carbocycles. The van der Waals surface area contributed by atoms with Gasteiger partial charge >= 0.3 is 12.1 Å². The molecule has 8 heteroatoms. The van der Waals surface area contributed by atoms with Crippen LogP contribution in [0, 0.1) is 11.3 Å². The van der Waals surface area contributed by atoms with Gasteiger partial charge in [0.05, 0.1) is 7.11 Å². The minimum absolute atomic E-state index is 0.193. The van der Waals surface area contributed by atoms with Crippen molar-refractivity contribution in [2.75, 3.05) is 32.1 Å². The van der Waals surface area contributed by atoms with E-state index in [1.807, 2.05) is 20.8 Å². The number of piperidine rings is 1. The molecule has 2 aliphatic rings. The monoisotopic (exact) mass is 389 g/mol. The summed E-state index contributed by atoms with van der Waals surface area (Å²) in [5.74, 6) is 0.00354. The Hall–Kier alpha value is -2.77. The number of rotatable bonds is 2. The number of likely N-dealkylation sites (N-methyl/N-ethyl adjacent to an activating group) is 1. The normalized spacial score (nSPS) is 25.6. The fourth-order valence-corrected chi connectivity index (χ4v) is 4.50. The molecule has 0 radical (unpaired) electrons. The fourth-order valence-electron chi connectivity index (χ4n) is 4.50. The van der Waals surface area contributed by atoms with E-state index in [1.165, 1.54) is 11.9 Å². The molecule has 1 spiro atoms. The van der Waals surface area contributed by atoms with Crippen molar-refractivity contribution < 1.29 is 24.2 Å². The number of hydrogen-bond acceptors (Lipinski definition) is 4. The van der Waals surface area contributed by atoms with Crippen LogP contribution in [0.2, 0.25) is 0 Å². The Bertz CT molecular complexity index is 801. The summed E-state index contributed by atoms with van der Waals surface area (Å²) in [5.41, 5.74) is -0.925. The minimum Gasteiger partial charge on any atom is -0.497 e. The molecular formula is C20H27N3O5. The third-order valence-electron chi connectivity index (χ3n) is 5.94. The van der Waals surface area contributed by atoms with Gasteiger partial charge in [-0.2, -0.15) is 0 Å². The summed E-state index contributed by atoms with van der Waals surface area (Å²) in [6.07, 6.45) is -0.757. The Balaban J connectivity index is 2.15. The van der Waals surface area contributed by atoms with E-state index in [2.05, 4.69) is 0 Å². The Kier molecular flexibility index (Phi) is 4.77. The van der Waals surface area contributed by atoms with Crippen molar-refractivity contribution in [2.45, 2.75) is 32.7 Å². The minimum atomic E-state index is -1.12.